The van der Waals surface area contributed by atoms with Crippen LogP contribution in [0.5, 0.6) is 0 Å². The summed E-state index contributed by atoms with van der Waals surface area (Å²) in [4.78, 5) is 11.9. The highest BCUT2D eigenvalue weighted by atomic mass is 32.2. The fourth-order valence-corrected chi connectivity index (χ4v) is 4.37. The standard InChI is InChI=1S/C15H19N3OS3/c1-4-9-16-13(19)11(3)21-14-17-18(15(20)22-14)12-8-6-5-7-10(12)2/h5-8,11H,4,9H2,1-3H3,(H,16,19)/t11-/m0/s1. The van der Waals surface area contributed by atoms with Crippen LogP contribution < -0.4 is 5.32 Å². The lowest BCUT2D eigenvalue weighted by molar-refractivity contribution is -0.120. The van der Waals surface area contributed by atoms with Crippen LogP contribution in [-0.4, -0.2) is 27.5 Å². The molecule has 7 heteroatoms. The summed E-state index contributed by atoms with van der Waals surface area (Å²) in [6, 6.07) is 7.99. The number of nitrogens with zero attached hydrogens (tertiary/aromatic N) is 2. The van der Waals surface area contributed by atoms with Crippen LogP contribution >= 0.6 is 35.3 Å². The number of carbonyl (C=O) groups excluding carboxylic acids is 1. The third-order valence-electron chi connectivity index (χ3n) is 3.07. The Hall–Kier alpha value is -1.18. The van der Waals surface area contributed by atoms with Crippen LogP contribution in [0.25, 0.3) is 5.69 Å². The van der Waals surface area contributed by atoms with Gasteiger partial charge in [-0.1, -0.05) is 48.2 Å². The molecular formula is C15H19N3OS3. The lowest BCUT2D eigenvalue weighted by Gasteiger charge is -2.09. The van der Waals surface area contributed by atoms with E-state index >= 15 is 0 Å². The van der Waals surface area contributed by atoms with Crippen LogP contribution in [0, 0.1) is 10.9 Å². The lowest BCUT2D eigenvalue weighted by Crippen LogP contribution is -2.31. The summed E-state index contributed by atoms with van der Waals surface area (Å²) < 4.78 is 3.28. The van der Waals surface area contributed by atoms with Crippen molar-refractivity contribution in [1.82, 2.24) is 15.1 Å². The number of benzene rings is 1. The molecule has 1 N–H and O–H groups in total. The van der Waals surface area contributed by atoms with Crippen LogP contribution in [0.2, 0.25) is 0 Å². The molecule has 0 radical (unpaired) electrons. The third-order valence-corrected chi connectivity index (χ3v) is 5.49. The predicted octanol–water partition coefficient (Wildman–Crippen LogP) is 3.98. The fraction of sp³-hybridized carbons (Fsp3) is 0.400. The molecule has 2 aromatic rings. The molecule has 1 amide bonds. The van der Waals surface area contributed by atoms with Crippen molar-refractivity contribution in [3.8, 4) is 5.69 Å². The molecule has 1 aromatic heterocycles. The summed E-state index contributed by atoms with van der Waals surface area (Å²) in [5, 5.41) is 7.27. The minimum atomic E-state index is -0.183. The average molecular weight is 354 g/mol. The van der Waals surface area contributed by atoms with E-state index in [4.69, 9.17) is 12.2 Å². The number of para-hydroxylation sites is 1. The zero-order valence-corrected chi connectivity index (χ0v) is 15.3. The van der Waals surface area contributed by atoms with E-state index < -0.39 is 0 Å². The molecule has 0 saturated heterocycles. The van der Waals surface area contributed by atoms with E-state index in [0.717, 1.165) is 22.0 Å². The molecule has 118 valence electrons. The van der Waals surface area contributed by atoms with Crippen LogP contribution in [0.1, 0.15) is 25.8 Å². The number of aromatic nitrogens is 2. The molecule has 0 spiro atoms. The van der Waals surface area contributed by atoms with Gasteiger partial charge in [-0.3, -0.25) is 4.79 Å². The third kappa shape index (κ3) is 4.18. The molecule has 22 heavy (non-hydrogen) atoms. The molecule has 4 nitrogen and oxygen atoms in total. The minimum Gasteiger partial charge on any atom is -0.355 e. The second-order valence-electron chi connectivity index (χ2n) is 4.88. The molecule has 0 saturated carbocycles. The first-order chi connectivity index (χ1) is 10.5. The maximum absolute atomic E-state index is 11.9. The lowest BCUT2D eigenvalue weighted by atomic mass is 10.2. The van der Waals surface area contributed by atoms with Gasteiger partial charge in [-0.15, -0.1) is 5.10 Å². The van der Waals surface area contributed by atoms with Gasteiger partial charge < -0.3 is 5.32 Å². The zero-order valence-electron chi connectivity index (χ0n) is 12.8. The predicted molar refractivity (Wildman–Crippen MR) is 95.6 cm³/mol. The summed E-state index contributed by atoms with van der Waals surface area (Å²) in [5.41, 5.74) is 2.10. The second kappa shape index (κ2) is 7.89. The quantitative estimate of drug-likeness (QED) is 0.630. The van der Waals surface area contributed by atoms with Crippen molar-refractivity contribution in [2.24, 2.45) is 0 Å². The average Bonchev–Trinajstić information content (AvgIpc) is 2.85. The van der Waals surface area contributed by atoms with Crippen molar-refractivity contribution in [2.45, 2.75) is 36.8 Å². The Morgan fingerprint density at radius 1 is 1.50 bits per heavy atom. The highest BCUT2D eigenvalue weighted by molar-refractivity contribution is 8.02. The molecule has 2 rings (SSSR count). The van der Waals surface area contributed by atoms with E-state index in [1.807, 2.05) is 45.0 Å². The van der Waals surface area contributed by atoms with Crippen molar-refractivity contribution in [2.75, 3.05) is 6.54 Å². The molecule has 1 atom stereocenters. The normalized spacial score (nSPS) is 12.1. The number of aryl methyl sites for hydroxylation is 1. The Morgan fingerprint density at radius 2 is 2.23 bits per heavy atom. The molecule has 1 heterocycles. The minimum absolute atomic E-state index is 0.0374. The SMILES string of the molecule is CCCNC(=O)[C@H](C)Sc1nn(-c2ccccc2C)c(=S)s1. The van der Waals surface area contributed by atoms with Crippen LogP contribution in [-0.2, 0) is 4.79 Å². The van der Waals surface area contributed by atoms with Gasteiger partial charge in [-0.05, 0) is 44.1 Å². The molecule has 1 aromatic carbocycles. The molecule has 0 aliphatic carbocycles. The summed E-state index contributed by atoms with van der Waals surface area (Å²) in [6.45, 7) is 6.66. The van der Waals surface area contributed by atoms with Gasteiger partial charge in [-0.2, -0.15) is 0 Å². The summed E-state index contributed by atoms with van der Waals surface area (Å²) in [6.07, 6.45) is 0.934. The largest absolute Gasteiger partial charge is 0.355 e. The maximum atomic E-state index is 11.9. The van der Waals surface area contributed by atoms with Gasteiger partial charge in [0, 0.05) is 6.54 Å². The van der Waals surface area contributed by atoms with Gasteiger partial charge >= 0.3 is 0 Å². The Kier molecular flexibility index (Phi) is 6.16. The highest BCUT2D eigenvalue weighted by Crippen LogP contribution is 2.28. The van der Waals surface area contributed by atoms with E-state index in [9.17, 15) is 4.79 Å². The van der Waals surface area contributed by atoms with Crippen molar-refractivity contribution >= 4 is 41.2 Å². The van der Waals surface area contributed by atoms with Crippen LogP contribution in [0.15, 0.2) is 28.6 Å². The highest BCUT2D eigenvalue weighted by Gasteiger charge is 2.17. The Morgan fingerprint density at radius 3 is 2.91 bits per heavy atom. The first kappa shape index (κ1) is 17.2. The molecule has 0 bridgehead atoms. The second-order valence-corrected chi connectivity index (χ2v) is 8.09. The molecule has 0 aliphatic heterocycles. The summed E-state index contributed by atoms with van der Waals surface area (Å²) in [7, 11) is 0. The van der Waals surface area contributed by atoms with Crippen LogP contribution in [0.3, 0.4) is 0 Å². The van der Waals surface area contributed by atoms with Crippen molar-refractivity contribution in [1.29, 1.82) is 0 Å². The van der Waals surface area contributed by atoms with Crippen molar-refractivity contribution < 1.29 is 4.79 Å². The monoisotopic (exact) mass is 353 g/mol. The van der Waals surface area contributed by atoms with Gasteiger partial charge in [0.25, 0.3) is 0 Å². The topological polar surface area (TPSA) is 46.9 Å². The molecule has 0 unspecified atom stereocenters. The fourth-order valence-electron chi connectivity index (χ4n) is 1.86. The van der Waals surface area contributed by atoms with E-state index in [-0.39, 0.29) is 11.2 Å². The van der Waals surface area contributed by atoms with Crippen LogP contribution in [0.4, 0.5) is 0 Å². The Bertz CT molecular complexity index is 708. The van der Waals surface area contributed by atoms with Crippen molar-refractivity contribution in [3.05, 3.63) is 33.8 Å². The smallest absolute Gasteiger partial charge is 0.233 e. The zero-order chi connectivity index (χ0) is 16.1. The van der Waals surface area contributed by atoms with E-state index in [1.54, 1.807) is 4.68 Å². The first-order valence-corrected chi connectivity index (χ1v) is 9.24. The van der Waals surface area contributed by atoms with E-state index in [0.29, 0.717) is 10.5 Å². The molecule has 0 aliphatic rings. The number of hydrogen-bond donors (Lipinski definition) is 1. The van der Waals surface area contributed by atoms with Crippen molar-refractivity contribution in [3.63, 3.8) is 0 Å². The van der Waals surface area contributed by atoms with Gasteiger partial charge in [0.15, 0.2) is 8.29 Å². The van der Waals surface area contributed by atoms with Gasteiger partial charge in [0.05, 0.1) is 10.9 Å². The van der Waals surface area contributed by atoms with Gasteiger partial charge in [0.2, 0.25) is 5.91 Å². The summed E-state index contributed by atoms with van der Waals surface area (Å²) >= 11 is 8.29. The first-order valence-electron chi connectivity index (χ1n) is 7.13. The Labute approximate surface area is 143 Å². The number of carbonyl (C=O) groups is 1. The summed E-state index contributed by atoms with van der Waals surface area (Å²) in [5.74, 6) is 0.0374. The Balaban J connectivity index is 2.15. The maximum Gasteiger partial charge on any atom is 0.233 e. The number of amides is 1. The number of nitrogens with one attached hydrogen (secondary N) is 1. The number of thioether (sulfide) groups is 1. The van der Waals surface area contributed by atoms with E-state index in [1.165, 1.54) is 23.1 Å². The van der Waals surface area contributed by atoms with E-state index in [2.05, 4.69) is 10.4 Å². The molecule has 0 fully saturated rings. The van der Waals surface area contributed by atoms with Gasteiger partial charge in [0.1, 0.15) is 0 Å². The number of rotatable bonds is 6. The number of hydrogen-bond acceptors (Lipinski definition) is 5. The molecular weight excluding hydrogens is 334 g/mol. The van der Waals surface area contributed by atoms with Gasteiger partial charge in [-0.25, -0.2) is 4.68 Å².